The SMILES string of the molecule is O=S(=O)(c1ccc(CN(CCO)C2CC2)o1)N1CCCC1. The van der Waals surface area contributed by atoms with Crippen molar-refractivity contribution in [3.8, 4) is 0 Å². The lowest BCUT2D eigenvalue weighted by Crippen LogP contribution is -2.28. The summed E-state index contributed by atoms with van der Waals surface area (Å²) in [5, 5.41) is 9.14. The molecule has 7 heteroatoms. The van der Waals surface area contributed by atoms with Gasteiger partial charge in [-0.15, -0.1) is 0 Å². The van der Waals surface area contributed by atoms with Crippen LogP contribution in [0, 0.1) is 0 Å². The second-order valence-electron chi connectivity index (χ2n) is 5.76. The minimum Gasteiger partial charge on any atom is -0.447 e. The Morgan fingerprint density at radius 2 is 2.00 bits per heavy atom. The summed E-state index contributed by atoms with van der Waals surface area (Å²) in [5.74, 6) is 0.646. The molecule has 2 fully saturated rings. The van der Waals surface area contributed by atoms with Gasteiger partial charge in [0, 0.05) is 25.7 Å². The molecule has 1 saturated heterocycles. The van der Waals surface area contributed by atoms with Gasteiger partial charge in [0.05, 0.1) is 13.2 Å². The molecule has 2 aliphatic rings. The maximum atomic E-state index is 12.4. The van der Waals surface area contributed by atoms with Crippen LogP contribution in [0.15, 0.2) is 21.6 Å². The first-order valence-corrected chi connectivity index (χ1v) is 8.99. The Kier molecular flexibility index (Phi) is 4.35. The molecule has 1 saturated carbocycles. The van der Waals surface area contributed by atoms with Crippen LogP contribution in [0.3, 0.4) is 0 Å². The summed E-state index contributed by atoms with van der Waals surface area (Å²) in [6, 6.07) is 3.78. The molecule has 1 aromatic heterocycles. The quantitative estimate of drug-likeness (QED) is 0.813. The fourth-order valence-electron chi connectivity index (χ4n) is 2.80. The van der Waals surface area contributed by atoms with E-state index in [0.717, 1.165) is 25.7 Å². The molecule has 0 atom stereocenters. The minimum absolute atomic E-state index is 0.0409. The predicted octanol–water partition coefficient (Wildman–Crippen LogP) is 1.02. The molecule has 1 aliphatic heterocycles. The Bertz CT molecular complexity index is 574. The first kappa shape index (κ1) is 15.0. The van der Waals surface area contributed by atoms with Crippen molar-refractivity contribution in [3.63, 3.8) is 0 Å². The molecule has 2 heterocycles. The minimum atomic E-state index is -3.47. The number of furan rings is 1. The van der Waals surface area contributed by atoms with E-state index in [1.807, 2.05) is 0 Å². The van der Waals surface area contributed by atoms with Crippen LogP contribution in [0.2, 0.25) is 0 Å². The maximum Gasteiger partial charge on any atom is 0.276 e. The van der Waals surface area contributed by atoms with E-state index in [9.17, 15) is 8.42 Å². The summed E-state index contributed by atoms with van der Waals surface area (Å²) >= 11 is 0. The molecule has 1 N–H and O–H groups in total. The molecule has 1 aromatic rings. The zero-order valence-corrected chi connectivity index (χ0v) is 12.9. The van der Waals surface area contributed by atoms with Crippen LogP contribution in [-0.4, -0.2) is 55.0 Å². The van der Waals surface area contributed by atoms with Crippen molar-refractivity contribution in [2.45, 2.75) is 43.4 Å². The molecule has 3 rings (SSSR count). The number of rotatable bonds is 7. The second-order valence-corrected chi connectivity index (χ2v) is 7.63. The number of nitrogens with zero attached hydrogens (tertiary/aromatic N) is 2. The molecular weight excluding hydrogens is 292 g/mol. The average molecular weight is 314 g/mol. The lowest BCUT2D eigenvalue weighted by Gasteiger charge is -2.19. The van der Waals surface area contributed by atoms with Crippen molar-refractivity contribution < 1.29 is 17.9 Å². The fourth-order valence-corrected chi connectivity index (χ4v) is 4.24. The molecule has 0 amide bonds. The van der Waals surface area contributed by atoms with E-state index in [1.165, 1.54) is 4.31 Å². The molecule has 0 aromatic carbocycles. The number of aliphatic hydroxyl groups is 1. The normalized spacial score (nSPS) is 20.5. The number of hydrogen-bond donors (Lipinski definition) is 1. The third-order valence-electron chi connectivity index (χ3n) is 4.11. The van der Waals surface area contributed by atoms with E-state index in [4.69, 9.17) is 9.52 Å². The van der Waals surface area contributed by atoms with Crippen molar-refractivity contribution in [1.29, 1.82) is 0 Å². The largest absolute Gasteiger partial charge is 0.447 e. The average Bonchev–Trinajstić information content (AvgIpc) is 2.96. The standard InChI is InChI=1S/C14H22N2O4S/c17-10-9-15(12-3-4-12)11-13-5-6-14(20-13)21(18,19)16-7-1-2-8-16/h5-6,12,17H,1-4,7-11H2. The van der Waals surface area contributed by atoms with E-state index in [1.54, 1.807) is 12.1 Å². The van der Waals surface area contributed by atoms with Crippen molar-refractivity contribution in [1.82, 2.24) is 9.21 Å². The second kappa shape index (κ2) is 6.08. The van der Waals surface area contributed by atoms with E-state index >= 15 is 0 Å². The lowest BCUT2D eigenvalue weighted by molar-refractivity contribution is 0.171. The van der Waals surface area contributed by atoms with E-state index < -0.39 is 10.0 Å². The Hall–Kier alpha value is -0.890. The van der Waals surface area contributed by atoms with Gasteiger partial charge in [-0.3, -0.25) is 4.90 Å². The van der Waals surface area contributed by atoms with Crippen LogP contribution >= 0.6 is 0 Å². The zero-order chi connectivity index (χ0) is 14.9. The Balaban J connectivity index is 1.70. The van der Waals surface area contributed by atoms with E-state index in [2.05, 4.69) is 4.90 Å². The summed E-state index contributed by atoms with van der Waals surface area (Å²) in [7, 11) is -3.47. The predicted molar refractivity (Wildman–Crippen MR) is 77.2 cm³/mol. The number of sulfonamides is 1. The number of aliphatic hydroxyl groups excluding tert-OH is 1. The molecule has 118 valence electrons. The molecular formula is C14H22N2O4S. The van der Waals surface area contributed by atoms with Gasteiger partial charge in [-0.1, -0.05) is 0 Å². The highest BCUT2D eigenvalue weighted by Crippen LogP contribution is 2.29. The van der Waals surface area contributed by atoms with E-state index in [-0.39, 0.29) is 11.7 Å². The first-order chi connectivity index (χ1) is 10.1. The van der Waals surface area contributed by atoms with Crippen molar-refractivity contribution in [2.24, 2.45) is 0 Å². The monoisotopic (exact) mass is 314 g/mol. The van der Waals surface area contributed by atoms with Gasteiger partial charge in [0.25, 0.3) is 10.0 Å². The number of hydrogen-bond acceptors (Lipinski definition) is 5. The lowest BCUT2D eigenvalue weighted by atomic mass is 10.4. The molecule has 21 heavy (non-hydrogen) atoms. The summed E-state index contributed by atoms with van der Waals surface area (Å²) < 4.78 is 31.8. The summed E-state index contributed by atoms with van der Waals surface area (Å²) in [4.78, 5) is 2.14. The van der Waals surface area contributed by atoms with Crippen molar-refractivity contribution >= 4 is 10.0 Å². The summed E-state index contributed by atoms with van der Waals surface area (Å²) in [6.07, 6.45) is 4.11. The van der Waals surface area contributed by atoms with Gasteiger partial charge < -0.3 is 9.52 Å². The highest BCUT2D eigenvalue weighted by atomic mass is 32.2. The third-order valence-corrected chi connectivity index (χ3v) is 5.88. The Morgan fingerprint density at radius 1 is 1.29 bits per heavy atom. The van der Waals surface area contributed by atoms with Gasteiger partial charge in [0.2, 0.25) is 5.09 Å². The van der Waals surface area contributed by atoms with Crippen LogP contribution in [0.1, 0.15) is 31.4 Å². The first-order valence-electron chi connectivity index (χ1n) is 7.55. The van der Waals surface area contributed by atoms with Crippen LogP contribution in [0.5, 0.6) is 0 Å². The van der Waals surface area contributed by atoms with Gasteiger partial charge >= 0.3 is 0 Å². The Morgan fingerprint density at radius 3 is 2.62 bits per heavy atom. The highest BCUT2D eigenvalue weighted by Gasteiger charge is 2.32. The molecule has 0 spiro atoms. The molecule has 0 unspecified atom stereocenters. The van der Waals surface area contributed by atoms with Crippen LogP contribution in [0.4, 0.5) is 0 Å². The van der Waals surface area contributed by atoms with Gasteiger partial charge in [0.15, 0.2) is 0 Å². The highest BCUT2D eigenvalue weighted by molar-refractivity contribution is 7.89. The fraction of sp³-hybridized carbons (Fsp3) is 0.714. The van der Waals surface area contributed by atoms with Gasteiger partial charge in [-0.05, 0) is 37.8 Å². The molecule has 6 nitrogen and oxygen atoms in total. The summed E-state index contributed by atoms with van der Waals surface area (Å²) in [6.45, 7) is 2.42. The van der Waals surface area contributed by atoms with Gasteiger partial charge in [-0.25, -0.2) is 8.42 Å². The zero-order valence-electron chi connectivity index (χ0n) is 12.1. The Labute approximate surface area is 125 Å². The summed E-state index contributed by atoms with van der Waals surface area (Å²) in [5.41, 5.74) is 0. The van der Waals surface area contributed by atoms with E-state index in [0.29, 0.717) is 38.0 Å². The molecule has 0 bridgehead atoms. The topological polar surface area (TPSA) is 74.0 Å². The molecule has 1 aliphatic carbocycles. The molecule has 0 radical (unpaired) electrons. The van der Waals surface area contributed by atoms with Crippen molar-refractivity contribution in [3.05, 3.63) is 17.9 Å². The van der Waals surface area contributed by atoms with Crippen LogP contribution in [0.25, 0.3) is 0 Å². The van der Waals surface area contributed by atoms with Crippen LogP contribution < -0.4 is 0 Å². The third kappa shape index (κ3) is 3.31. The van der Waals surface area contributed by atoms with Crippen LogP contribution in [-0.2, 0) is 16.6 Å². The smallest absolute Gasteiger partial charge is 0.276 e. The maximum absolute atomic E-state index is 12.4. The van der Waals surface area contributed by atoms with Gasteiger partial charge in [0.1, 0.15) is 5.76 Å². The van der Waals surface area contributed by atoms with Gasteiger partial charge in [-0.2, -0.15) is 4.31 Å². The van der Waals surface area contributed by atoms with Crippen molar-refractivity contribution in [2.75, 3.05) is 26.2 Å².